The second-order valence-corrected chi connectivity index (χ2v) is 26.4. The zero-order valence-electron chi connectivity index (χ0n) is 43.4. The van der Waals surface area contributed by atoms with E-state index >= 15 is 0 Å². The summed E-state index contributed by atoms with van der Waals surface area (Å²) in [5, 5.41) is 2.75. The molecule has 0 saturated heterocycles. The van der Waals surface area contributed by atoms with Gasteiger partial charge in [-0.25, -0.2) is 0 Å². The molecule has 2 fully saturated rings. The lowest BCUT2D eigenvalue weighted by Crippen LogP contribution is -2.63. The van der Waals surface area contributed by atoms with Crippen molar-refractivity contribution in [1.82, 2.24) is 0 Å². The third-order valence-electron chi connectivity index (χ3n) is 19.4. The van der Waals surface area contributed by atoms with Gasteiger partial charge in [-0.2, -0.15) is 0 Å². The minimum absolute atomic E-state index is 0.00428. The van der Waals surface area contributed by atoms with E-state index in [4.69, 9.17) is 0 Å². The van der Waals surface area contributed by atoms with Crippen molar-refractivity contribution in [2.75, 3.05) is 9.80 Å². The van der Waals surface area contributed by atoms with Crippen LogP contribution in [-0.4, -0.2) is 17.8 Å². The van der Waals surface area contributed by atoms with Crippen LogP contribution in [0.15, 0.2) is 103 Å². The van der Waals surface area contributed by atoms with E-state index < -0.39 is 0 Å². The second kappa shape index (κ2) is 14.6. The summed E-state index contributed by atoms with van der Waals surface area (Å²) in [7, 11) is 0. The van der Waals surface area contributed by atoms with E-state index in [0.717, 1.165) is 0 Å². The number of thiophene rings is 1. The molecular weight excluding hydrogens is 840 g/mol. The van der Waals surface area contributed by atoms with Crippen LogP contribution in [0.3, 0.4) is 0 Å². The van der Waals surface area contributed by atoms with Crippen LogP contribution in [0.25, 0.3) is 20.2 Å². The molecule has 5 unspecified atom stereocenters. The molecule has 348 valence electrons. The first-order valence-electron chi connectivity index (χ1n) is 26.3. The van der Waals surface area contributed by atoms with Crippen molar-refractivity contribution in [1.29, 1.82) is 0 Å². The predicted molar refractivity (Wildman–Crippen MR) is 297 cm³/mol. The summed E-state index contributed by atoms with van der Waals surface area (Å²) in [5.41, 5.74) is 22.0. The Morgan fingerprint density at radius 3 is 1.94 bits per heavy atom. The first-order valence-corrected chi connectivity index (χ1v) is 27.1. The Morgan fingerprint density at radius 1 is 0.574 bits per heavy atom. The lowest BCUT2D eigenvalue weighted by molar-refractivity contribution is 0.194. The van der Waals surface area contributed by atoms with Crippen LogP contribution in [0, 0.1) is 13.8 Å². The molecule has 4 heterocycles. The quantitative estimate of drug-likeness (QED) is 0.162. The highest BCUT2D eigenvalue weighted by molar-refractivity contribution is 7.25. The molecule has 5 aliphatic rings. The first kappa shape index (κ1) is 44.4. The standard InChI is InChI=1S/C64H73BN2S/c1-39-32-40(2)57-54(33-39)67-58-50(62(11)29-17-19-31-64(62,67)13)36-44(60(7,8)9)37-52(58)65(57)51-25-24-45(38-47(51)41(3)42-22-27-56-48(34-42)46-20-14-15-21-55(46)68-56)66-53-26-23-43(59(4,5)6)35-49(53)61(10)28-16-18-30-63(61,66)12/h14-15,20-27,32-38,41H,16-19,28-31H2,1-13H3. The predicted octanol–water partition coefficient (Wildman–Crippen LogP) is 15.7. The van der Waals surface area contributed by atoms with Crippen molar-refractivity contribution >= 4 is 77.4 Å². The number of rotatable bonds is 4. The Balaban J connectivity index is 1.15. The molecule has 2 aliphatic carbocycles. The highest BCUT2D eigenvalue weighted by atomic mass is 32.1. The minimum atomic E-state index is -0.0459. The smallest absolute Gasteiger partial charge is 0.247 e. The van der Waals surface area contributed by atoms with Gasteiger partial charge in [0.25, 0.3) is 0 Å². The molecule has 2 nitrogen and oxygen atoms in total. The van der Waals surface area contributed by atoms with E-state index in [1.807, 2.05) is 11.3 Å². The summed E-state index contributed by atoms with van der Waals surface area (Å²) < 4.78 is 2.74. The number of benzene rings is 6. The van der Waals surface area contributed by atoms with Crippen LogP contribution >= 0.6 is 11.3 Å². The Hall–Kier alpha value is -4.80. The normalized spacial score (nSPS) is 25.6. The van der Waals surface area contributed by atoms with Gasteiger partial charge in [-0.15, -0.1) is 11.3 Å². The van der Waals surface area contributed by atoms with Gasteiger partial charge >= 0.3 is 0 Å². The fraction of sp³-hybridized carbons (Fsp3) is 0.438. The fourth-order valence-electron chi connectivity index (χ4n) is 15.0. The van der Waals surface area contributed by atoms with Crippen LogP contribution < -0.4 is 26.2 Å². The Labute approximate surface area is 412 Å². The van der Waals surface area contributed by atoms with Crippen molar-refractivity contribution in [2.45, 2.75) is 180 Å². The number of hydrogen-bond donors (Lipinski definition) is 0. The molecule has 0 spiro atoms. The van der Waals surface area contributed by atoms with Gasteiger partial charge in [0, 0.05) is 59.7 Å². The van der Waals surface area contributed by atoms with Crippen LogP contribution in [0.5, 0.6) is 0 Å². The van der Waals surface area contributed by atoms with E-state index in [9.17, 15) is 0 Å². The van der Waals surface area contributed by atoms with Crippen LogP contribution in [0.2, 0.25) is 0 Å². The molecule has 68 heavy (non-hydrogen) atoms. The van der Waals surface area contributed by atoms with E-state index in [0.29, 0.717) is 0 Å². The van der Waals surface area contributed by atoms with Gasteiger partial charge in [-0.05, 0) is 157 Å². The van der Waals surface area contributed by atoms with Gasteiger partial charge < -0.3 is 9.80 Å². The zero-order valence-corrected chi connectivity index (χ0v) is 44.2. The fourth-order valence-corrected chi connectivity index (χ4v) is 16.1. The molecule has 0 N–H and O–H groups in total. The molecule has 7 aromatic rings. The lowest BCUT2D eigenvalue weighted by Gasteiger charge is -2.52. The average molecular weight is 913 g/mol. The van der Waals surface area contributed by atoms with Crippen LogP contribution in [0.4, 0.5) is 22.7 Å². The summed E-state index contributed by atoms with van der Waals surface area (Å²) >= 11 is 1.92. The summed E-state index contributed by atoms with van der Waals surface area (Å²) in [6.45, 7) is 32.2. The largest absolute Gasteiger partial charge is 0.335 e. The first-order chi connectivity index (χ1) is 32.2. The number of fused-ring (bicyclic) bond motifs is 11. The molecule has 3 aliphatic heterocycles. The Bertz CT molecular complexity index is 3250. The van der Waals surface area contributed by atoms with Crippen molar-refractivity contribution in [3.8, 4) is 0 Å². The molecule has 6 aromatic carbocycles. The monoisotopic (exact) mass is 913 g/mol. The second-order valence-electron chi connectivity index (χ2n) is 25.3. The van der Waals surface area contributed by atoms with E-state index in [-0.39, 0.29) is 45.4 Å². The topological polar surface area (TPSA) is 6.48 Å². The maximum Gasteiger partial charge on any atom is 0.247 e. The molecular formula is C64H73BN2S. The minimum Gasteiger partial charge on any atom is -0.335 e. The number of anilines is 4. The van der Waals surface area contributed by atoms with E-state index in [2.05, 4.69) is 203 Å². The summed E-state index contributed by atoms with van der Waals surface area (Å²) in [5.74, 6) is 0.146. The lowest BCUT2D eigenvalue weighted by atomic mass is 9.33. The van der Waals surface area contributed by atoms with E-state index in [1.54, 1.807) is 11.1 Å². The average Bonchev–Trinajstić information content (AvgIpc) is 3.84. The summed E-state index contributed by atoms with van der Waals surface area (Å²) in [6, 6.07) is 42.2. The highest BCUT2D eigenvalue weighted by Gasteiger charge is 2.61. The third kappa shape index (κ3) is 5.94. The van der Waals surface area contributed by atoms with Crippen molar-refractivity contribution < 1.29 is 0 Å². The molecule has 0 amide bonds. The highest BCUT2D eigenvalue weighted by Crippen LogP contribution is 2.63. The van der Waals surface area contributed by atoms with Crippen LogP contribution in [0.1, 0.15) is 178 Å². The maximum absolute atomic E-state index is 2.90. The summed E-state index contributed by atoms with van der Waals surface area (Å²) in [4.78, 5) is 5.74. The SMILES string of the molecule is Cc1cc(C)c2c(c1)N1c3c(cc(C(C)(C)C)cc3C3(C)CCCCC13C)B2c1ccc(N2c3ccc(C(C)(C)C)cc3C3(C)CCCCC23C)cc1C(C)c1ccc2sc3ccccc3c2c1. The maximum atomic E-state index is 2.90. The molecule has 0 bridgehead atoms. The molecule has 4 heteroatoms. The van der Waals surface area contributed by atoms with Gasteiger partial charge in [-0.3, -0.25) is 0 Å². The van der Waals surface area contributed by atoms with Gasteiger partial charge in [-0.1, -0.05) is 160 Å². The van der Waals surface area contributed by atoms with Gasteiger partial charge in [0.2, 0.25) is 6.71 Å². The molecule has 0 radical (unpaired) electrons. The molecule has 1 aromatic heterocycles. The molecule has 5 atom stereocenters. The Morgan fingerprint density at radius 2 is 1.22 bits per heavy atom. The van der Waals surface area contributed by atoms with Crippen molar-refractivity contribution in [3.05, 3.63) is 148 Å². The van der Waals surface area contributed by atoms with Gasteiger partial charge in [0.05, 0.1) is 11.1 Å². The summed E-state index contributed by atoms with van der Waals surface area (Å²) in [6.07, 6.45) is 9.97. The van der Waals surface area contributed by atoms with Gasteiger partial charge in [0.15, 0.2) is 0 Å². The van der Waals surface area contributed by atoms with Crippen molar-refractivity contribution in [3.63, 3.8) is 0 Å². The molecule has 12 rings (SSSR count). The van der Waals surface area contributed by atoms with E-state index in [1.165, 1.54) is 144 Å². The third-order valence-corrected chi connectivity index (χ3v) is 20.6. The number of hydrogen-bond acceptors (Lipinski definition) is 3. The Kier molecular flexibility index (Phi) is 9.56. The number of nitrogens with zero attached hydrogens (tertiary/aromatic N) is 2. The molecule has 2 saturated carbocycles. The van der Waals surface area contributed by atoms with Crippen molar-refractivity contribution in [2.24, 2.45) is 0 Å². The van der Waals surface area contributed by atoms with Gasteiger partial charge in [0.1, 0.15) is 0 Å². The number of aryl methyl sites for hydroxylation is 2. The van der Waals surface area contributed by atoms with Crippen LogP contribution in [-0.2, 0) is 21.7 Å². The zero-order chi connectivity index (χ0) is 47.7.